The van der Waals surface area contributed by atoms with E-state index in [0.29, 0.717) is 6.42 Å². The molecule has 0 heterocycles. The third-order valence-electron chi connectivity index (χ3n) is 2.62. The lowest BCUT2D eigenvalue weighted by molar-refractivity contribution is -0.385. The molecule has 20 heavy (non-hydrogen) atoms. The van der Waals surface area contributed by atoms with E-state index in [1.165, 1.54) is 18.2 Å². The van der Waals surface area contributed by atoms with E-state index in [1.54, 1.807) is 6.92 Å². The monoisotopic (exact) mass is 341 g/mol. The van der Waals surface area contributed by atoms with Gasteiger partial charge in [0, 0.05) is 22.7 Å². The molecule has 0 radical (unpaired) electrons. The Morgan fingerprint density at radius 3 is 2.60 bits per heavy atom. The standard InChI is InChI=1S/C11H13Cl2NO5S/c1-2-8(7-20(13,17)18)6-19-11-9(12)4-3-5-10(11)14(15)16/h3-5,8H,2,6-7H2,1H3. The molecule has 0 saturated carbocycles. The predicted molar refractivity (Wildman–Crippen MR) is 77.0 cm³/mol. The lowest BCUT2D eigenvalue weighted by Gasteiger charge is -2.15. The van der Waals surface area contributed by atoms with Gasteiger partial charge in [0.15, 0.2) is 0 Å². The van der Waals surface area contributed by atoms with Crippen molar-refractivity contribution in [2.75, 3.05) is 12.4 Å². The normalized spacial score (nSPS) is 12.9. The van der Waals surface area contributed by atoms with Crippen molar-refractivity contribution in [1.29, 1.82) is 0 Å². The van der Waals surface area contributed by atoms with Gasteiger partial charge in [0.2, 0.25) is 14.8 Å². The van der Waals surface area contributed by atoms with E-state index < -0.39 is 14.0 Å². The Morgan fingerprint density at radius 1 is 1.45 bits per heavy atom. The molecule has 0 fully saturated rings. The highest BCUT2D eigenvalue weighted by molar-refractivity contribution is 8.13. The van der Waals surface area contributed by atoms with Gasteiger partial charge in [-0.25, -0.2) is 8.42 Å². The van der Waals surface area contributed by atoms with Crippen LogP contribution in [0, 0.1) is 16.0 Å². The SMILES string of the molecule is CCC(COc1c(Cl)cccc1[N+](=O)[O-])CS(=O)(=O)Cl. The second-order valence-electron chi connectivity index (χ2n) is 4.14. The van der Waals surface area contributed by atoms with Gasteiger partial charge in [-0.1, -0.05) is 24.6 Å². The topological polar surface area (TPSA) is 86.5 Å². The summed E-state index contributed by atoms with van der Waals surface area (Å²) in [5.74, 6) is -0.693. The van der Waals surface area contributed by atoms with Crippen molar-refractivity contribution in [3.8, 4) is 5.75 Å². The Kier molecular flexibility index (Phi) is 6.04. The quantitative estimate of drug-likeness (QED) is 0.431. The van der Waals surface area contributed by atoms with Crippen LogP contribution in [0.15, 0.2) is 18.2 Å². The van der Waals surface area contributed by atoms with Crippen molar-refractivity contribution in [3.63, 3.8) is 0 Å². The molecule has 112 valence electrons. The summed E-state index contributed by atoms with van der Waals surface area (Å²) in [6, 6.07) is 4.16. The van der Waals surface area contributed by atoms with Gasteiger partial charge in [0.25, 0.3) is 0 Å². The molecule has 0 saturated heterocycles. The van der Waals surface area contributed by atoms with Gasteiger partial charge >= 0.3 is 5.69 Å². The zero-order valence-electron chi connectivity index (χ0n) is 10.6. The van der Waals surface area contributed by atoms with Gasteiger partial charge in [-0.05, 0) is 12.5 Å². The molecule has 1 aromatic carbocycles. The average molecular weight is 342 g/mol. The van der Waals surface area contributed by atoms with Crippen LogP contribution < -0.4 is 4.74 Å². The molecular formula is C11H13Cl2NO5S. The fraction of sp³-hybridized carbons (Fsp3) is 0.455. The highest BCUT2D eigenvalue weighted by atomic mass is 35.7. The minimum absolute atomic E-state index is 0.0208. The first-order valence-electron chi connectivity index (χ1n) is 5.72. The van der Waals surface area contributed by atoms with Crippen molar-refractivity contribution < 1.29 is 18.1 Å². The van der Waals surface area contributed by atoms with Gasteiger partial charge in [0.1, 0.15) is 0 Å². The maximum absolute atomic E-state index is 11.0. The fourth-order valence-electron chi connectivity index (χ4n) is 1.55. The number of hydrogen-bond acceptors (Lipinski definition) is 5. The summed E-state index contributed by atoms with van der Waals surface area (Å²) in [6.45, 7) is 1.75. The Balaban J connectivity index is 2.86. The molecule has 0 amide bonds. The van der Waals surface area contributed by atoms with Crippen molar-refractivity contribution in [2.24, 2.45) is 5.92 Å². The van der Waals surface area contributed by atoms with Crippen LogP contribution in [-0.2, 0) is 9.05 Å². The molecule has 0 N–H and O–H groups in total. The Hall–Kier alpha value is -1.05. The van der Waals surface area contributed by atoms with E-state index in [4.69, 9.17) is 27.0 Å². The zero-order valence-corrected chi connectivity index (χ0v) is 12.9. The summed E-state index contributed by atoms with van der Waals surface area (Å²) in [5.41, 5.74) is -0.263. The number of benzene rings is 1. The lowest BCUT2D eigenvalue weighted by atomic mass is 10.1. The number of nitro benzene ring substituents is 1. The summed E-state index contributed by atoms with van der Waals surface area (Å²) in [6.07, 6.45) is 0.504. The first kappa shape index (κ1) is 17.0. The van der Waals surface area contributed by atoms with E-state index in [2.05, 4.69) is 0 Å². The Bertz CT molecular complexity index is 590. The Labute approximate surface area is 126 Å². The van der Waals surface area contributed by atoms with Crippen LogP contribution in [0.3, 0.4) is 0 Å². The molecule has 0 spiro atoms. The molecule has 1 unspecified atom stereocenters. The van der Waals surface area contributed by atoms with Gasteiger partial charge in [0.05, 0.1) is 22.3 Å². The second kappa shape index (κ2) is 7.10. The van der Waals surface area contributed by atoms with Gasteiger partial charge in [-0.2, -0.15) is 0 Å². The summed E-state index contributed by atoms with van der Waals surface area (Å²) in [5, 5.41) is 11.0. The van der Waals surface area contributed by atoms with E-state index in [0.717, 1.165) is 0 Å². The van der Waals surface area contributed by atoms with E-state index in [-0.39, 0.29) is 34.7 Å². The van der Waals surface area contributed by atoms with Crippen LogP contribution in [-0.4, -0.2) is 25.7 Å². The largest absolute Gasteiger partial charge is 0.485 e. The molecule has 0 aliphatic carbocycles. The van der Waals surface area contributed by atoms with Crippen molar-refractivity contribution in [2.45, 2.75) is 13.3 Å². The highest BCUT2D eigenvalue weighted by Crippen LogP contribution is 2.34. The molecule has 9 heteroatoms. The van der Waals surface area contributed by atoms with Gasteiger partial charge in [-0.3, -0.25) is 10.1 Å². The number of nitrogens with zero attached hydrogens (tertiary/aromatic N) is 1. The first-order valence-corrected chi connectivity index (χ1v) is 8.58. The van der Waals surface area contributed by atoms with Crippen LogP contribution in [0.2, 0.25) is 5.02 Å². The summed E-state index contributed by atoms with van der Waals surface area (Å²) >= 11 is 5.86. The maximum atomic E-state index is 11.0. The van der Waals surface area contributed by atoms with E-state index in [1.807, 2.05) is 0 Å². The van der Waals surface area contributed by atoms with Crippen LogP contribution in [0.4, 0.5) is 5.69 Å². The highest BCUT2D eigenvalue weighted by Gasteiger charge is 2.21. The Morgan fingerprint density at radius 2 is 2.10 bits per heavy atom. The van der Waals surface area contributed by atoms with Crippen LogP contribution in [0.25, 0.3) is 0 Å². The molecule has 0 aliphatic rings. The number of rotatable bonds is 7. The molecule has 1 rings (SSSR count). The van der Waals surface area contributed by atoms with Crippen molar-refractivity contribution in [1.82, 2.24) is 0 Å². The summed E-state index contributed by atoms with van der Waals surface area (Å²) < 4.78 is 27.4. The minimum atomic E-state index is -3.65. The van der Waals surface area contributed by atoms with Crippen molar-refractivity contribution in [3.05, 3.63) is 33.3 Å². The fourth-order valence-corrected chi connectivity index (χ4v) is 3.20. The van der Waals surface area contributed by atoms with Crippen LogP contribution >= 0.6 is 22.3 Å². The zero-order chi connectivity index (χ0) is 15.3. The maximum Gasteiger partial charge on any atom is 0.312 e. The molecule has 6 nitrogen and oxygen atoms in total. The first-order chi connectivity index (χ1) is 9.24. The van der Waals surface area contributed by atoms with Gasteiger partial charge < -0.3 is 4.74 Å². The molecule has 1 aromatic rings. The molecule has 0 aromatic heterocycles. The molecule has 0 aliphatic heterocycles. The van der Waals surface area contributed by atoms with E-state index in [9.17, 15) is 18.5 Å². The number of halogens is 2. The lowest BCUT2D eigenvalue weighted by Crippen LogP contribution is -2.19. The number of hydrogen-bond donors (Lipinski definition) is 0. The van der Waals surface area contributed by atoms with Gasteiger partial charge in [-0.15, -0.1) is 0 Å². The second-order valence-corrected chi connectivity index (χ2v) is 7.36. The predicted octanol–water partition coefficient (Wildman–Crippen LogP) is 3.22. The summed E-state index contributed by atoms with van der Waals surface area (Å²) in [4.78, 5) is 10.3. The van der Waals surface area contributed by atoms with E-state index >= 15 is 0 Å². The number of nitro groups is 1. The smallest absolute Gasteiger partial charge is 0.312 e. The number of para-hydroxylation sites is 1. The molecular weight excluding hydrogens is 329 g/mol. The third-order valence-corrected chi connectivity index (χ3v) is 4.16. The van der Waals surface area contributed by atoms with Crippen LogP contribution in [0.1, 0.15) is 13.3 Å². The minimum Gasteiger partial charge on any atom is -0.485 e. The van der Waals surface area contributed by atoms with Crippen LogP contribution in [0.5, 0.6) is 5.75 Å². The average Bonchev–Trinajstić information content (AvgIpc) is 2.33. The molecule has 0 bridgehead atoms. The summed E-state index contributed by atoms with van der Waals surface area (Å²) in [7, 11) is 1.53. The molecule has 1 atom stereocenters. The third kappa shape index (κ3) is 5.15. The van der Waals surface area contributed by atoms with Crippen molar-refractivity contribution >= 4 is 37.0 Å². The number of ether oxygens (including phenoxy) is 1.